The lowest BCUT2D eigenvalue weighted by molar-refractivity contribution is -0.137. The first-order chi connectivity index (χ1) is 10.7. The zero-order chi connectivity index (χ0) is 17.4. The van der Waals surface area contributed by atoms with E-state index in [4.69, 9.17) is 0 Å². The van der Waals surface area contributed by atoms with Crippen LogP contribution < -0.4 is 4.90 Å². The second-order valence-electron chi connectivity index (χ2n) is 5.19. The molecule has 124 valence electrons. The van der Waals surface area contributed by atoms with Crippen molar-refractivity contribution in [3.05, 3.63) is 41.7 Å². The SMILES string of the molecule is CCN1C(=O)N(c2cccc(C(F)(F)F)c2)C(=O)/C1=C/N(C)C. The van der Waals surface area contributed by atoms with Crippen molar-refractivity contribution in [2.45, 2.75) is 13.1 Å². The molecular weight excluding hydrogens is 311 g/mol. The Labute approximate surface area is 131 Å². The molecule has 5 nitrogen and oxygen atoms in total. The summed E-state index contributed by atoms with van der Waals surface area (Å²) in [5.74, 6) is -0.648. The molecule has 1 aromatic carbocycles. The molecular formula is C15H16F3N3O2. The van der Waals surface area contributed by atoms with Gasteiger partial charge in [0.25, 0.3) is 5.91 Å². The maximum absolute atomic E-state index is 12.8. The van der Waals surface area contributed by atoms with Crippen molar-refractivity contribution < 1.29 is 22.8 Å². The molecule has 1 aromatic rings. The Kier molecular flexibility index (Phi) is 4.35. The van der Waals surface area contributed by atoms with Gasteiger partial charge in [0.1, 0.15) is 5.70 Å². The first kappa shape index (κ1) is 16.9. The molecule has 1 aliphatic rings. The van der Waals surface area contributed by atoms with Crippen molar-refractivity contribution in [1.82, 2.24) is 9.80 Å². The maximum Gasteiger partial charge on any atom is 0.416 e. The second-order valence-corrected chi connectivity index (χ2v) is 5.19. The van der Waals surface area contributed by atoms with Crippen LogP contribution in [0.3, 0.4) is 0 Å². The van der Waals surface area contributed by atoms with E-state index >= 15 is 0 Å². The fourth-order valence-electron chi connectivity index (χ4n) is 2.26. The number of carbonyl (C=O) groups is 2. The van der Waals surface area contributed by atoms with E-state index in [2.05, 4.69) is 0 Å². The van der Waals surface area contributed by atoms with E-state index in [1.165, 1.54) is 23.2 Å². The van der Waals surface area contributed by atoms with E-state index in [1.54, 1.807) is 25.9 Å². The van der Waals surface area contributed by atoms with Gasteiger partial charge in [-0.15, -0.1) is 0 Å². The van der Waals surface area contributed by atoms with E-state index in [0.29, 0.717) is 0 Å². The van der Waals surface area contributed by atoms with E-state index < -0.39 is 23.7 Å². The molecule has 23 heavy (non-hydrogen) atoms. The monoisotopic (exact) mass is 327 g/mol. The number of halogens is 3. The Hall–Kier alpha value is -2.51. The minimum absolute atomic E-state index is 0.101. The van der Waals surface area contributed by atoms with E-state index in [0.717, 1.165) is 17.0 Å². The third-order valence-electron chi connectivity index (χ3n) is 3.26. The van der Waals surface area contributed by atoms with Gasteiger partial charge >= 0.3 is 12.2 Å². The van der Waals surface area contributed by atoms with Crippen molar-refractivity contribution in [2.75, 3.05) is 25.5 Å². The average Bonchev–Trinajstić information content (AvgIpc) is 2.68. The molecule has 0 atom stereocenters. The van der Waals surface area contributed by atoms with Gasteiger partial charge in [0, 0.05) is 26.8 Å². The summed E-state index contributed by atoms with van der Waals surface area (Å²) in [5, 5.41) is 0. The zero-order valence-corrected chi connectivity index (χ0v) is 12.9. The molecule has 0 unspecified atom stereocenters. The lowest BCUT2D eigenvalue weighted by atomic mass is 10.2. The van der Waals surface area contributed by atoms with Crippen LogP contribution in [0.15, 0.2) is 36.2 Å². The molecule has 0 radical (unpaired) electrons. The van der Waals surface area contributed by atoms with Gasteiger partial charge in [0.05, 0.1) is 11.3 Å². The Morgan fingerprint density at radius 2 is 1.87 bits per heavy atom. The van der Waals surface area contributed by atoms with Crippen molar-refractivity contribution in [3.8, 4) is 0 Å². The number of imide groups is 1. The highest BCUT2D eigenvalue weighted by Crippen LogP contribution is 2.34. The summed E-state index contributed by atoms with van der Waals surface area (Å²) in [5.41, 5.74) is -0.890. The summed E-state index contributed by atoms with van der Waals surface area (Å²) >= 11 is 0. The number of nitrogens with zero attached hydrogens (tertiary/aromatic N) is 3. The summed E-state index contributed by atoms with van der Waals surface area (Å²) in [7, 11) is 3.37. The molecule has 1 saturated heterocycles. The van der Waals surface area contributed by atoms with Crippen LogP contribution in [-0.4, -0.2) is 42.4 Å². The van der Waals surface area contributed by atoms with Crippen molar-refractivity contribution in [1.29, 1.82) is 0 Å². The number of carbonyl (C=O) groups excluding carboxylic acids is 2. The molecule has 0 bridgehead atoms. The lowest BCUT2D eigenvalue weighted by Crippen LogP contribution is -2.33. The molecule has 8 heteroatoms. The third kappa shape index (κ3) is 3.15. The van der Waals surface area contributed by atoms with Gasteiger partial charge in [-0.05, 0) is 25.1 Å². The second kappa shape index (κ2) is 5.94. The van der Waals surface area contributed by atoms with Crippen LogP contribution in [-0.2, 0) is 11.0 Å². The molecule has 1 heterocycles. The van der Waals surface area contributed by atoms with Crippen LogP contribution in [0.25, 0.3) is 0 Å². The van der Waals surface area contributed by atoms with Gasteiger partial charge in [-0.3, -0.25) is 9.69 Å². The molecule has 0 aliphatic carbocycles. The van der Waals surface area contributed by atoms with Crippen LogP contribution in [0.2, 0.25) is 0 Å². The molecule has 0 saturated carbocycles. The highest BCUT2D eigenvalue weighted by molar-refractivity contribution is 6.26. The van der Waals surface area contributed by atoms with Gasteiger partial charge < -0.3 is 4.90 Å². The number of anilines is 1. The summed E-state index contributed by atoms with van der Waals surface area (Å²) < 4.78 is 38.5. The average molecular weight is 327 g/mol. The number of likely N-dealkylation sites (N-methyl/N-ethyl adjacent to an activating group) is 1. The molecule has 0 N–H and O–H groups in total. The van der Waals surface area contributed by atoms with E-state index in [-0.39, 0.29) is 17.9 Å². The van der Waals surface area contributed by atoms with Crippen molar-refractivity contribution >= 4 is 17.6 Å². The number of urea groups is 1. The Morgan fingerprint density at radius 3 is 2.39 bits per heavy atom. The summed E-state index contributed by atoms with van der Waals surface area (Å²) in [6.07, 6.45) is -3.08. The standard InChI is InChI=1S/C15H16F3N3O2/c1-4-20-12(9-19(2)3)13(22)21(14(20)23)11-7-5-6-10(8-11)15(16,17)18/h5-9H,4H2,1-3H3/b12-9-. The largest absolute Gasteiger partial charge is 0.416 e. The molecule has 2 rings (SSSR count). The molecule has 1 aliphatic heterocycles. The van der Waals surface area contributed by atoms with Gasteiger partial charge in [0.15, 0.2) is 0 Å². The Balaban J connectivity index is 2.48. The maximum atomic E-state index is 12.8. The summed E-state index contributed by atoms with van der Waals surface area (Å²) in [4.78, 5) is 28.4. The van der Waals surface area contributed by atoms with Gasteiger partial charge in [-0.2, -0.15) is 13.2 Å². The molecule has 0 spiro atoms. The van der Waals surface area contributed by atoms with E-state index in [1.807, 2.05) is 0 Å². The normalized spacial score (nSPS) is 17.4. The summed E-state index contributed by atoms with van der Waals surface area (Å²) in [6.45, 7) is 1.92. The zero-order valence-electron chi connectivity index (χ0n) is 12.9. The Bertz CT molecular complexity index is 668. The van der Waals surface area contributed by atoms with Crippen molar-refractivity contribution in [2.24, 2.45) is 0 Å². The number of hydrogen-bond acceptors (Lipinski definition) is 3. The fourth-order valence-corrected chi connectivity index (χ4v) is 2.26. The minimum atomic E-state index is -4.55. The van der Waals surface area contributed by atoms with Crippen LogP contribution in [0.5, 0.6) is 0 Å². The highest BCUT2D eigenvalue weighted by atomic mass is 19.4. The topological polar surface area (TPSA) is 43.9 Å². The number of amides is 3. The number of alkyl halides is 3. The fraction of sp³-hybridized carbons (Fsp3) is 0.333. The van der Waals surface area contributed by atoms with Gasteiger partial charge in [-0.1, -0.05) is 6.07 Å². The van der Waals surface area contributed by atoms with Gasteiger partial charge in [-0.25, -0.2) is 9.69 Å². The number of rotatable bonds is 3. The quantitative estimate of drug-likeness (QED) is 0.633. The predicted octanol–water partition coefficient (Wildman–Crippen LogP) is 2.90. The molecule has 1 fully saturated rings. The van der Waals surface area contributed by atoms with Gasteiger partial charge in [0.2, 0.25) is 0 Å². The van der Waals surface area contributed by atoms with Crippen LogP contribution in [0.4, 0.5) is 23.7 Å². The van der Waals surface area contributed by atoms with Crippen molar-refractivity contribution in [3.63, 3.8) is 0 Å². The van der Waals surface area contributed by atoms with E-state index in [9.17, 15) is 22.8 Å². The molecule has 0 aromatic heterocycles. The first-order valence-electron chi connectivity index (χ1n) is 6.88. The third-order valence-corrected chi connectivity index (χ3v) is 3.26. The highest BCUT2D eigenvalue weighted by Gasteiger charge is 2.42. The van der Waals surface area contributed by atoms with Crippen LogP contribution >= 0.6 is 0 Å². The molecule has 3 amide bonds. The van der Waals surface area contributed by atoms with Crippen LogP contribution in [0.1, 0.15) is 12.5 Å². The number of benzene rings is 1. The minimum Gasteiger partial charge on any atom is -0.382 e. The summed E-state index contributed by atoms with van der Waals surface area (Å²) in [6, 6.07) is 3.50. The number of hydrogen-bond donors (Lipinski definition) is 0. The Morgan fingerprint density at radius 1 is 1.22 bits per heavy atom. The smallest absolute Gasteiger partial charge is 0.382 e. The predicted molar refractivity (Wildman–Crippen MR) is 78.5 cm³/mol. The van der Waals surface area contributed by atoms with Crippen LogP contribution in [0, 0.1) is 0 Å². The lowest BCUT2D eigenvalue weighted by Gasteiger charge is -2.16. The first-order valence-corrected chi connectivity index (χ1v) is 6.88.